The molecular weight excluding hydrogens is 248 g/mol. The van der Waals surface area contributed by atoms with Crippen LogP contribution in [0.3, 0.4) is 0 Å². The zero-order valence-electron chi connectivity index (χ0n) is 10.8. The molecule has 0 aliphatic heterocycles. The number of hydrogen-bond donors (Lipinski definition) is 0. The van der Waals surface area contributed by atoms with Gasteiger partial charge in [-0.25, -0.2) is 9.78 Å². The van der Waals surface area contributed by atoms with Gasteiger partial charge < -0.3 is 9.30 Å². The Hall–Kier alpha value is -1.62. The zero-order chi connectivity index (χ0) is 13.1. The van der Waals surface area contributed by atoms with Crippen LogP contribution in [0.4, 0.5) is 0 Å². The Bertz CT molecular complexity index is 557. The van der Waals surface area contributed by atoms with E-state index in [1.165, 1.54) is 0 Å². The summed E-state index contributed by atoms with van der Waals surface area (Å²) in [6.45, 7) is 6.69. The molecule has 0 saturated heterocycles. The van der Waals surface area contributed by atoms with E-state index in [0.29, 0.717) is 18.8 Å². The molecule has 0 aliphatic rings. The standard InChI is InChI=1S/C13H16N2O2S/c1-4-17-13(16)12-9(2)5-6-15(12)7-11-8-18-10(3)14-11/h5-6,8H,4,7H2,1-3H3. The van der Waals surface area contributed by atoms with Crippen LogP contribution in [0.15, 0.2) is 17.6 Å². The molecule has 0 amide bonds. The molecule has 4 nitrogen and oxygen atoms in total. The van der Waals surface area contributed by atoms with Crippen LogP contribution in [0.2, 0.25) is 0 Å². The number of aryl methyl sites for hydroxylation is 2. The molecule has 5 heteroatoms. The highest BCUT2D eigenvalue weighted by atomic mass is 32.1. The highest BCUT2D eigenvalue weighted by Crippen LogP contribution is 2.15. The van der Waals surface area contributed by atoms with E-state index in [1.54, 1.807) is 11.3 Å². The average Bonchev–Trinajstić information content (AvgIpc) is 2.87. The summed E-state index contributed by atoms with van der Waals surface area (Å²) in [5, 5.41) is 3.05. The molecule has 0 aromatic carbocycles. The molecule has 2 aromatic heterocycles. The lowest BCUT2D eigenvalue weighted by Crippen LogP contribution is -2.13. The molecule has 2 rings (SSSR count). The van der Waals surface area contributed by atoms with Gasteiger partial charge in [0.05, 0.1) is 23.9 Å². The van der Waals surface area contributed by atoms with Crippen LogP contribution in [0.1, 0.15) is 33.7 Å². The molecule has 0 saturated carbocycles. The largest absolute Gasteiger partial charge is 0.461 e. The number of carbonyl (C=O) groups is 1. The molecule has 0 atom stereocenters. The Morgan fingerprint density at radius 2 is 2.28 bits per heavy atom. The summed E-state index contributed by atoms with van der Waals surface area (Å²) < 4.78 is 6.96. The second-order valence-corrected chi connectivity index (χ2v) is 5.12. The fraction of sp³-hybridized carbons (Fsp3) is 0.385. The molecule has 0 spiro atoms. The molecule has 2 heterocycles. The van der Waals surface area contributed by atoms with Gasteiger partial charge in [0, 0.05) is 11.6 Å². The van der Waals surface area contributed by atoms with Gasteiger partial charge in [-0.1, -0.05) is 0 Å². The highest BCUT2D eigenvalue weighted by Gasteiger charge is 2.16. The van der Waals surface area contributed by atoms with E-state index in [4.69, 9.17) is 4.74 Å². The Kier molecular flexibility index (Phi) is 3.81. The number of thiazole rings is 1. The Morgan fingerprint density at radius 3 is 2.89 bits per heavy atom. The third kappa shape index (κ3) is 2.61. The van der Waals surface area contributed by atoms with Gasteiger partial charge >= 0.3 is 5.97 Å². The number of hydrogen-bond acceptors (Lipinski definition) is 4. The van der Waals surface area contributed by atoms with Crippen molar-refractivity contribution in [2.24, 2.45) is 0 Å². The van der Waals surface area contributed by atoms with Crippen molar-refractivity contribution in [1.29, 1.82) is 0 Å². The first kappa shape index (κ1) is 12.8. The van der Waals surface area contributed by atoms with Crippen LogP contribution in [0.25, 0.3) is 0 Å². The first-order valence-corrected chi connectivity index (χ1v) is 6.73. The predicted octanol–water partition coefficient (Wildman–Crippen LogP) is 2.79. The van der Waals surface area contributed by atoms with Crippen molar-refractivity contribution in [2.45, 2.75) is 27.3 Å². The monoisotopic (exact) mass is 264 g/mol. The number of esters is 1. The molecule has 96 valence electrons. The molecule has 0 aliphatic carbocycles. The fourth-order valence-electron chi connectivity index (χ4n) is 1.85. The Morgan fingerprint density at radius 1 is 1.50 bits per heavy atom. The van der Waals surface area contributed by atoms with Crippen molar-refractivity contribution in [2.75, 3.05) is 6.61 Å². The number of rotatable bonds is 4. The number of nitrogens with zero attached hydrogens (tertiary/aromatic N) is 2. The minimum absolute atomic E-state index is 0.271. The van der Waals surface area contributed by atoms with E-state index in [1.807, 2.05) is 43.0 Å². The second kappa shape index (κ2) is 5.35. The topological polar surface area (TPSA) is 44.1 Å². The van der Waals surface area contributed by atoms with Crippen LogP contribution >= 0.6 is 11.3 Å². The van der Waals surface area contributed by atoms with E-state index < -0.39 is 0 Å². The summed E-state index contributed by atoms with van der Waals surface area (Å²) in [5.74, 6) is -0.271. The number of ether oxygens (including phenoxy) is 1. The van der Waals surface area contributed by atoms with Gasteiger partial charge in [0.1, 0.15) is 5.69 Å². The number of carbonyl (C=O) groups excluding carboxylic acids is 1. The maximum absolute atomic E-state index is 11.9. The quantitative estimate of drug-likeness (QED) is 0.798. The summed E-state index contributed by atoms with van der Waals surface area (Å²) in [6.07, 6.45) is 1.90. The van der Waals surface area contributed by atoms with Crippen LogP contribution < -0.4 is 0 Å². The van der Waals surface area contributed by atoms with Crippen LogP contribution in [-0.4, -0.2) is 22.1 Å². The summed E-state index contributed by atoms with van der Waals surface area (Å²) in [6, 6.07) is 1.92. The van der Waals surface area contributed by atoms with E-state index in [-0.39, 0.29) is 5.97 Å². The van der Waals surface area contributed by atoms with Crippen molar-refractivity contribution < 1.29 is 9.53 Å². The van der Waals surface area contributed by atoms with Gasteiger partial charge in [-0.3, -0.25) is 0 Å². The minimum Gasteiger partial charge on any atom is -0.461 e. The summed E-state index contributed by atoms with van der Waals surface area (Å²) in [5.41, 5.74) is 2.52. The van der Waals surface area contributed by atoms with E-state index in [2.05, 4.69) is 4.98 Å². The summed E-state index contributed by atoms with van der Waals surface area (Å²) in [7, 11) is 0. The van der Waals surface area contributed by atoms with Crippen molar-refractivity contribution >= 4 is 17.3 Å². The van der Waals surface area contributed by atoms with E-state index in [9.17, 15) is 4.79 Å². The van der Waals surface area contributed by atoms with E-state index >= 15 is 0 Å². The minimum atomic E-state index is -0.271. The molecule has 2 aromatic rings. The zero-order valence-corrected chi connectivity index (χ0v) is 11.6. The van der Waals surface area contributed by atoms with Gasteiger partial charge in [-0.2, -0.15) is 0 Å². The lowest BCUT2D eigenvalue weighted by molar-refractivity contribution is 0.0513. The highest BCUT2D eigenvalue weighted by molar-refractivity contribution is 7.09. The molecular formula is C13H16N2O2S. The second-order valence-electron chi connectivity index (χ2n) is 4.05. The average molecular weight is 264 g/mol. The maximum atomic E-state index is 11.9. The summed E-state index contributed by atoms with van der Waals surface area (Å²) >= 11 is 1.61. The molecule has 18 heavy (non-hydrogen) atoms. The lowest BCUT2D eigenvalue weighted by Gasteiger charge is -2.08. The van der Waals surface area contributed by atoms with Gasteiger partial charge in [-0.05, 0) is 32.4 Å². The van der Waals surface area contributed by atoms with Crippen molar-refractivity contribution in [3.8, 4) is 0 Å². The smallest absolute Gasteiger partial charge is 0.355 e. The van der Waals surface area contributed by atoms with Crippen LogP contribution in [0.5, 0.6) is 0 Å². The van der Waals surface area contributed by atoms with Gasteiger partial charge in [-0.15, -0.1) is 11.3 Å². The summed E-state index contributed by atoms with van der Waals surface area (Å²) in [4.78, 5) is 16.3. The van der Waals surface area contributed by atoms with Crippen molar-refractivity contribution in [3.05, 3.63) is 39.6 Å². The molecule has 0 radical (unpaired) electrons. The van der Waals surface area contributed by atoms with Crippen molar-refractivity contribution in [3.63, 3.8) is 0 Å². The molecule has 0 N–H and O–H groups in total. The van der Waals surface area contributed by atoms with E-state index in [0.717, 1.165) is 16.3 Å². The van der Waals surface area contributed by atoms with Gasteiger partial charge in [0.2, 0.25) is 0 Å². The van der Waals surface area contributed by atoms with Crippen LogP contribution in [0, 0.1) is 13.8 Å². The molecule has 0 fully saturated rings. The van der Waals surface area contributed by atoms with Crippen molar-refractivity contribution in [1.82, 2.24) is 9.55 Å². The predicted molar refractivity (Wildman–Crippen MR) is 71.1 cm³/mol. The maximum Gasteiger partial charge on any atom is 0.355 e. The van der Waals surface area contributed by atoms with Crippen LogP contribution in [-0.2, 0) is 11.3 Å². The number of aromatic nitrogens is 2. The Labute approximate surface area is 110 Å². The molecule has 0 bridgehead atoms. The first-order valence-electron chi connectivity index (χ1n) is 5.85. The van der Waals surface area contributed by atoms with Gasteiger partial charge in [0.15, 0.2) is 0 Å². The fourth-order valence-corrected chi connectivity index (χ4v) is 2.45. The lowest BCUT2D eigenvalue weighted by atomic mass is 10.2. The third-order valence-corrected chi connectivity index (χ3v) is 3.46. The third-order valence-electron chi connectivity index (χ3n) is 2.63. The SMILES string of the molecule is CCOC(=O)c1c(C)ccn1Cc1csc(C)n1. The molecule has 0 unspecified atom stereocenters. The first-order chi connectivity index (χ1) is 8.61. The normalized spacial score (nSPS) is 10.6. The Balaban J connectivity index is 2.26. The van der Waals surface area contributed by atoms with Gasteiger partial charge in [0.25, 0.3) is 0 Å².